The van der Waals surface area contributed by atoms with Gasteiger partial charge in [-0.05, 0) is 122 Å². The lowest BCUT2D eigenvalue weighted by atomic mass is 10.0. The standard InChI is InChI=1S/C67H112O6/c1-4-7-10-13-16-19-22-25-26-27-28-29-30-31-32-33-34-35-36-37-38-39-40-43-45-48-51-54-57-60-66(69)72-63-64(73-67(70)61-58-55-52-49-46-42-24-21-18-15-12-9-6-3)62-71-65(68)59-56-53-50-47-44-41-23-20-17-14-11-8-5-2/h8-9,11-12,17-18,20-22,25,27-28,30-31,41-42,44,46,64H,4-7,10,13-16,19,23-24,26,29,32-40,43,45,47-63H2,1-3H3/b11-8-,12-9-,20-17-,21-18-,25-22-,28-27-,31-30-,44-41-,46-42-. The van der Waals surface area contributed by atoms with Crippen molar-refractivity contribution in [3.05, 3.63) is 109 Å². The number of unbranched alkanes of at least 4 members (excludes halogenated alkanes) is 25. The molecule has 0 aromatic heterocycles. The van der Waals surface area contributed by atoms with Gasteiger partial charge in [0.05, 0.1) is 0 Å². The largest absolute Gasteiger partial charge is 0.462 e. The molecule has 0 aromatic carbocycles. The molecule has 0 spiro atoms. The number of hydrogen-bond donors (Lipinski definition) is 0. The third kappa shape index (κ3) is 58.8. The Bertz CT molecular complexity index is 1490. The van der Waals surface area contributed by atoms with Gasteiger partial charge in [0.15, 0.2) is 6.10 Å². The van der Waals surface area contributed by atoms with Crippen LogP contribution in [0, 0.1) is 0 Å². The number of ether oxygens (including phenoxy) is 3. The molecule has 0 aliphatic heterocycles. The zero-order valence-corrected chi connectivity index (χ0v) is 47.6. The van der Waals surface area contributed by atoms with Gasteiger partial charge in [0.25, 0.3) is 0 Å². The summed E-state index contributed by atoms with van der Waals surface area (Å²) in [6, 6.07) is 0. The zero-order chi connectivity index (χ0) is 52.9. The van der Waals surface area contributed by atoms with Crippen LogP contribution in [-0.2, 0) is 28.6 Å². The first-order valence-electron chi connectivity index (χ1n) is 30.4. The van der Waals surface area contributed by atoms with Crippen molar-refractivity contribution in [3.8, 4) is 0 Å². The molecule has 0 amide bonds. The molecular weight excluding hydrogens is 901 g/mol. The van der Waals surface area contributed by atoms with E-state index in [0.717, 1.165) is 122 Å². The van der Waals surface area contributed by atoms with Gasteiger partial charge in [-0.15, -0.1) is 0 Å². The van der Waals surface area contributed by atoms with Crippen LogP contribution in [0.25, 0.3) is 0 Å². The van der Waals surface area contributed by atoms with E-state index in [1.165, 1.54) is 116 Å². The fourth-order valence-corrected chi connectivity index (χ4v) is 8.24. The van der Waals surface area contributed by atoms with Gasteiger partial charge < -0.3 is 14.2 Å². The second-order valence-electron chi connectivity index (χ2n) is 19.8. The molecule has 0 saturated carbocycles. The quantitative estimate of drug-likeness (QED) is 0.0261. The Kier molecular flexibility index (Phi) is 57.4. The molecule has 6 nitrogen and oxygen atoms in total. The molecule has 0 fully saturated rings. The van der Waals surface area contributed by atoms with E-state index in [-0.39, 0.29) is 37.5 Å². The third-order valence-electron chi connectivity index (χ3n) is 12.7. The van der Waals surface area contributed by atoms with Gasteiger partial charge in [-0.1, -0.05) is 246 Å². The molecule has 0 rings (SSSR count). The summed E-state index contributed by atoms with van der Waals surface area (Å²) >= 11 is 0. The van der Waals surface area contributed by atoms with Crippen molar-refractivity contribution in [2.24, 2.45) is 0 Å². The topological polar surface area (TPSA) is 78.9 Å². The van der Waals surface area contributed by atoms with Gasteiger partial charge in [0, 0.05) is 19.3 Å². The molecule has 6 heteroatoms. The van der Waals surface area contributed by atoms with E-state index in [2.05, 4.69) is 130 Å². The summed E-state index contributed by atoms with van der Waals surface area (Å²) < 4.78 is 16.8. The van der Waals surface area contributed by atoms with Crippen molar-refractivity contribution in [1.82, 2.24) is 0 Å². The van der Waals surface area contributed by atoms with Gasteiger partial charge in [-0.25, -0.2) is 0 Å². The van der Waals surface area contributed by atoms with Crippen LogP contribution in [0.5, 0.6) is 0 Å². The lowest BCUT2D eigenvalue weighted by Crippen LogP contribution is -2.30. The highest BCUT2D eigenvalue weighted by atomic mass is 16.6. The second kappa shape index (κ2) is 60.6. The van der Waals surface area contributed by atoms with Crippen LogP contribution in [0.15, 0.2) is 109 Å². The van der Waals surface area contributed by atoms with E-state index >= 15 is 0 Å². The van der Waals surface area contributed by atoms with E-state index in [0.29, 0.717) is 12.8 Å². The van der Waals surface area contributed by atoms with E-state index in [1.807, 2.05) is 0 Å². The van der Waals surface area contributed by atoms with Crippen LogP contribution in [0.4, 0.5) is 0 Å². The van der Waals surface area contributed by atoms with Gasteiger partial charge in [0.1, 0.15) is 13.2 Å². The van der Waals surface area contributed by atoms with Crippen LogP contribution in [-0.4, -0.2) is 37.2 Å². The molecule has 0 radical (unpaired) electrons. The zero-order valence-electron chi connectivity index (χ0n) is 47.6. The Morgan fingerprint density at radius 2 is 0.534 bits per heavy atom. The molecular formula is C67H112O6. The van der Waals surface area contributed by atoms with Crippen LogP contribution in [0.2, 0.25) is 0 Å². The third-order valence-corrected chi connectivity index (χ3v) is 12.7. The monoisotopic (exact) mass is 1010 g/mol. The van der Waals surface area contributed by atoms with Crippen LogP contribution in [0.3, 0.4) is 0 Å². The van der Waals surface area contributed by atoms with Crippen LogP contribution < -0.4 is 0 Å². The average Bonchev–Trinajstić information content (AvgIpc) is 3.39. The average molecular weight is 1010 g/mol. The minimum Gasteiger partial charge on any atom is -0.462 e. The number of rotatable bonds is 54. The normalized spacial score (nSPS) is 12.9. The molecule has 1 atom stereocenters. The van der Waals surface area contributed by atoms with Crippen LogP contribution in [0.1, 0.15) is 278 Å². The maximum absolute atomic E-state index is 12.8. The molecule has 0 aliphatic rings. The number of esters is 3. The van der Waals surface area contributed by atoms with Crippen molar-refractivity contribution in [2.75, 3.05) is 13.2 Å². The fourth-order valence-electron chi connectivity index (χ4n) is 8.24. The molecule has 0 aliphatic carbocycles. The van der Waals surface area contributed by atoms with Crippen molar-refractivity contribution < 1.29 is 28.6 Å². The molecule has 1 unspecified atom stereocenters. The fraction of sp³-hybridized carbons (Fsp3) is 0.687. The maximum Gasteiger partial charge on any atom is 0.306 e. The smallest absolute Gasteiger partial charge is 0.306 e. The van der Waals surface area contributed by atoms with Crippen molar-refractivity contribution in [2.45, 2.75) is 284 Å². The summed E-state index contributed by atoms with van der Waals surface area (Å²) in [6.45, 7) is 6.35. The second-order valence-corrected chi connectivity index (χ2v) is 19.8. The minimum atomic E-state index is -0.807. The molecule has 0 bridgehead atoms. The molecule has 416 valence electrons. The van der Waals surface area contributed by atoms with E-state index in [4.69, 9.17) is 14.2 Å². The highest BCUT2D eigenvalue weighted by molar-refractivity contribution is 5.71. The van der Waals surface area contributed by atoms with Crippen molar-refractivity contribution in [3.63, 3.8) is 0 Å². The summed E-state index contributed by atoms with van der Waals surface area (Å²) in [5.74, 6) is -0.960. The maximum atomic E-state index is 12.8. The molecule has 0 heterocycles. The SMILES string of the molecule is CC/C=C\C/C=C\C/C=C\CCCCCC(=O)OCC(COC(=O)CCCCCCCCCCCCCCCC/C=C\C/C=C\C/C=C\CCCCCCC)OC(=O)CCCCC/C=C\C/C=C\C/C=C\CC. The van der Waals surface area contributed by atoms with E-state index in [1.54, 1.807) is 0 Å². The first kappa shape index (κ1) is 69.1. The number of hydrogen-bond acceptors (Lipinski definition) is 6. The Hall–Kier alpha value is -3.93. The highest BCUT2D eigenvalue weighted by Gasteiger charge is 2.19. The number of carbonyl (C=O) groups excluding carboxylic acids is 3. The molecule has 0 aromatic rings. The van der Waals surface area contributed by atoms with Gasteiger partial charge in [0.2, 0.25) is 0 Å². The Morgan fingerprint density at radius 1 is 0.288 bits per heavy atom. The van der Waals surface area contributed by atoms with Crippen molar-refractivity contribution in [1.29, 1.82) is 0 Å². The lowest BCUT2D eigenvalue weighted by molar-refractivity contribution is -0.167. The Balaban J connectivity index is 4.24. The molecule has 0 N–H and O–H groups in total. The lowest BCUT2D eigenvalue weighted by Gasteiger charge is -2.18. The summed E-state index contributed by atoms with van der Waals surface area (Å²) in [6.07, 6.45) is 82.5. The minimum absolute atomic E-state index is 0.100. The summed E-state index contributed by atoms with van der Waals surface area (Å²) in [5, 5.41) is 0. The number of allylic oxidation sites excluding steroid dienone is 18. The van der Waals surface area contributed by atoms with E-state index in [9.17, 15) is 14.4 Å². The first-order chi connectivity index (χ1) is 36.0. The van der Waals surface area contributed by atoms with Gasteiger partial charge >= 0.3 is 17.9 Å². The van der Waals surface area contributed by atoms with Crippen LogP contribution >= 0.6 is 0 Å². The van der Waals surface area contributed by atoms with Crippen molar-refractivity contribution >= 4 is 17.9 Å². The summed E-state index contributed by atoms with van der Waals surface area (Å²) in [5.41, 5.74) is 0. The number of carbonyl (C=O) groups is 3. The van der Waals surface area contributed by atoms with Gasteiger partial charge in [-0.2, -0.15) is 0 Å². The summed E-state index contributed by atoms with van der Waals surface area (Å²) in [7, 11) is 0. The van der Waals surface area contributed by atoms with Gasteiger partial charge in [-0.3, -0.25) is 14.4 Å². The van der Waals surface area contributed by atoms with E-state index < -0.39 is 6.10 Å². The predicted molar refractivity (Wildman–Crippen MR) is 316 cm³/mol. The first-order valence-corrected chi connectivity index (χ1v) is 30.4. The summed E-state index contributed by atoms with van der Waals surface area (Å²) in [4.78, 5) is 38.1. The Labute approximate surface area is 450 Å². The molecule has 73 heavy (non-hydrogen) atoms. The Morgan fingerprint density at radius 3 is 0.849 bits per heavy atom. The highest BCUT2D eigenvalue weighted by Crippen LogP contribution is 2.15. The predicted octanol–water partition coefficient (Wildman–Crippen LogP) is 20.7. The molecule has 0 saturated heterocycles.